The lowest BCUT2D eigenvalue weighted by Gasteiger charge is -2.17. The average molecular weight is 530 g/mol. The van der Waals surface area contributed by atoms with Crippen molar-refractivity contribution in [2.75, 3.05) is 24.2 Å². The maximum absolute atomic E-state index is 12.9. The van der Waals surface area contributed by atoms with Gasteiger partial charge in [0.05, 0.1) is 18.1 Å². The number of nitrogens with one attached hydrogen (secondary N) is 2. The normalized spacial score (nSPS) is 21.4. The van der Waals surface area contributed by atoms with Gasteiger partial charge in [-0.3, -0.25) is 4.79 Å². The number of nitrogens with zero attached hydrogens (tertiary/aromatic N) is 5. The minimum atomic E-state index is -1.24. The van der Waals surface area contributed by atoms with E-state index in [9.17, 15) is 20.1 Å². The number of fused-ring (bicyclic) bond motifs is 1. The minimum Gasteiger partial charge on any atom is -0.508 e. The van der Waals surface area contributed by atoms with Crippen LogP contribution in [0.4, 0.5) is 5.82 Å². The molecule has 5 N–H and O–H groups in total. The number of thioether (sulfide) groups is 1. The molecule has 1 fully saturated rings. The number of phenolic OH excluding ortho intramolecular Hbond substituents is 1. The highest BCUT2D eigenvalue weighted by atomic mass is 32.2. The molecule has 1 saturated carbocycles. The van der Waals surface area contributed by atoms with Crippen molar-refractivity contribution < 1.29 is 20.1 Å². The highest BCUT2D eigenvalue weighted by Gasteiger charge is 2.47. The number of hydrogen-bond acceptors (Lipinski definition) is 10. The first-order valence-corrected chi connectivity index (χ1v) is 13.8. The number of aromatic hydroxyl groups is 1. The Balaban J connectivity index is 1.50. The SMILES string of the molecule is CCCCNc1nc(SCCC)nc2c1nnn2[C@@H]1C[C@H](C(=O)NCCc2ccc(O)cc2)[C@@H](O)[C@H]1O. The summed E-state index contributed by atoms with van der Waals surface area (Å²) >= 11 is 1.54. The highest BCUT2D eigenvalue weighted by molar-refractivity contribution is 7.99. The number of amides is 1. The van der Waals surface area contributed by atoms with E-state index < -0.39 is 24.2 Å². The second kappa shape index (κ2) is 12.5. The first kappa shape index (κ1) is 27.1. The maximum atomic E-state index is 12.9. The van der Waals surface area contributed by atoms with Gasteiger partial charge in [0.15, 0.2) is 22.1 Å². The molecule has 1 aromatic carbocycles. The van der Waals surface area contributed by atoms with E-state index in [0.717, 1.165) is 37.1 Å². The number of carbonyl (C=O) groups excluding carboxylic acids is 1. The summed E-state index contributed by atoms with van der Waals surface area (Å²) in [6, 6.07) is 6.13. The molecule has 12 heteroatoms. The zero-order valence-corrected chi connectivity index (χ0v) is 22.0. The number of aromatic nitrogens is 5. The van der Waals surface area contributed by atoms with Crippen molar-refractivity contribution in [3.63, 3.8) is 0 Å². The quantitative estimate of drug-likeness (QED) is 0.134. The summed E-state index contributed by atoms with van der Waals surface area (Å²) in [6.45, 7) is 5.31. The van der Waals surface area contributed by atoms with E-state index in [1.807, 2.05) is 0 Å². The Labute approximate surface area is 220 Å². The standard InChI is InChI=1S/C25H35N7O4S/c1-3-5-11-26-22-19-23(29-25(28-22)37-13-4-2)32(31-30-19)18-14-17(20(34)21(18)35)24(36)27-12-10-15-6-8-16(33)9-7-15/h6-9,17-18,20-21,33-35H,3-5,10-14H2,1-2H3,(H,27,36)(H,26,28,29)/t17-,18+,20+,21-/m0/s1. The Morgan fingerprint density at radius 2 is 1.89 bits per heavy atom. The predicted molar refractivity (Wildman–Crippen MR) is 142 cm³/mol. The summed E-state index contributed by atoms with van der Waals surface area (Å²) in [5.41, 5.74) is 1.94. The number of aliphatic hydroxyl groups is 2. The van der Waals surface area contributed by atoms with Crippen LogP contribution in [-0.2, 0) is 11.2 Å². The molecule has 11 nitrogen and oxygen atoms in total. The van der Waals surface area contributed by atoms with Crippen LogP contribution >= 0.6 is 11.8 Å². The van der Waals surface area contributed by atoms with Gasteiger partial charge in [0, 0.05) is 18.8 Å². The van der Waals surface area contributed by atoms with Crippen LogP contribution in [0, 0.1) is 5.92 Å². The van der Waals surface area contributed by atoms with Crippen molar-refractivity contribution >= 4 is 34.7 Å². The Kier molecular flexibility index (Phi) is 9.17. The fourth-order valence-corrected chi connectivity index (χ4v) is 5.13. The van der Waals surface area contributed by atoms with Crippen LogP contribution < -0.4 is 10.6 Å². The van der Waals surface area contributed by atoms with Gasteiger partial charge in [0.2, 0.25) is 5.91 Å². The minimum absolute atomic E-state index is 0.188. The van der Waals surface area contributed by atoms with Crippen LogP contribution in [0.2, 0.25) is 0 Å². The summed E-state index contributed by atoms with van der Waals surface area (Å²) in [6.07, 6.45) is 1.33. The van der Waals surface area contributed by atoms with Gasteiger partial charge < -0.3 is 26.0 Å². The molecule has 3 aromatic rings. The van der Waals surface area contributed by atoms with Crippen LogP contribution in [0.5, 0.6) is 5.75 Å². The van der Waals surface area contributed by atoms with E-state index in [4.69, 9.17) is 0 Å². The number of carbonyl (C=O) groups is 1. The maximum Gasteiger partial charge on any atom is 0.225 e. The number of phenols is 1. The van der Waals surface area contributed by atoms with Crippen LogP contribution in [0.15, 0.2) is 29.4 Å². The first-order valence-electron chi connectivity index (χ1n) is 12.8. The predicted octanol–water partition coefficient (Wildman–Crippen LogP) is 2.28. The van der Waals surface area contributed by atoms with Gasteiger partial charge in [0.1, 0.15) is 11.9 Å². The Hall–Kier alpha value is -2.96. The van der Waals surface area contributed by atoms with Gasteiger partial charge in [0.25, 0.3) is 0 Å². The summed E-state index contributed by atoms with van der Waals surface area (Å²) in [5.74, 6) is 0.524. The number of anilines is 1. The summed E-state index contributed by atoms with van der Waals surface area (Å²) in [4.78, 5) is 22.2. The first-order chi connectivity index (χ1) is 17.9. The van der Waals surface area contributed by atoms with E-state index in [-0.39, 0.29) is 18.1 Å². The third-order valence-corrected chi connectivity index (χ3v) is 7.57. The molecule has 37 heavy (non-hydrogen) atoms. The fourth-order valence-electron chi connectivity index (χ4n) is 4.43. The molecule has 2 heterocycles. The molecule has 0 aliphatic heterocycles. The topological polar surface area (TPSA) is 158 Å². The molecular formula is C25H35N7O4S. The molecule has 4 atom stereocenters. The van der Waals surface area contributed by atoms with Gasteiger partial charge in [-0.05, 0) is 43.4 Å². The van der Waals surface area contributed by atoms with Crippen molar-refractivity contribution in [1.29, 1.82) is 0 Å². The van der Waals surface area contributed by atoms with Crippen LogP contribution in [0.1, 0.15) is 51.1 Å². The molecule has 200 valence electrons. The molecule has 0 unspecified atom stereocenters. The zero-order chi connectivity index (χ0) is 26.4. The Morgan fingerprint density at radius 3 is 2.62 bits per heavy atom. The molecule has 0 radical (unpaired) electrons. The second-order valence-electron chi connectivity index (χ2n) is 9.29. The number of unbranched alkanes of at least 4 members (excludes halogenated alkanes) is 1. The molecule has 1 amide bonds. The van der Waals surface area contributed by atoms with E-state index in [0.29, 0.717) is 35.1 Å². The van der Waals surface area contributed by atoms with Crippen LogP contribution in [0.3, 0.4) is 0 Å². The van der Waals surface area contributed by atoms with Crippen molar-refractivity contribution in [2.24, 2.45) is 5.92 Å². The molecule has 4 rings (SSSR count). The zero-order valence-electron chi connectivity index (χ0n) is 21.2. The monoisotopic (exact) mass is 529 g/mol. The molecular weight excluding hydrogens is 494 g/mol. The number of aliphatic hydroxyl groups excluding tert-OH is 2. The Bertz CT molecular complexity index is 1190. The smallest absolute Gasteiger partial charge is 0.225 e. The highest BCUT2D eigenvalue weighted by Crippen LogP contribution is 2.37. The van der Waals surface area contributed by atoms with Gasteiger partial charge in [-0.25, -0.2) is 14.6 Å². The van der Waals surface area contributed by atoms with Gasteiger partial charge in [-0.15, -0.1) is 5.10 Å². The lowest BCUT2D eigenvalue weighted by molar-refractivity contribution is -0.128. The third-order valence-electron chi connectivity index (χ3n) is 6.51. The molecule has 2 aromatic heterocycles. The average Bonchev–Trinajstić information content (AvgIpc) is 3.44. The number of hydrogen-bond donors (Lipinski definition) is 5. The lowest BCUT2D eigenvalue weighted by Crippen LogP contribution is -2.38. The van der Waals surface area contributed by atoms with Crippen molar-refractivity contribution in [1.82, 2.24) is 30.3 Å². The number of benzene rings is 1. The van der Waals surface area contributed by atoms with Crippen molar-refractivity contribution in [3.8, 4) is 5.75 Å². The molecule has 0 spiro atoms. The van der Waals surface area contributed by atoms with E-state index >= 15 is 0 Å². The lowest BCUT2D eigenvalue weighted by atomic mass is 10.0. The van der Waals surface area contributed by atoms with Crippen LogP contribution in [0.25, 0.3) is 11.2 Å². The largest absolute Gasteiger partial charge is 0.508 e. The van der Waals surface area contributed by atoms with Crippen molar-refractivity contribution in [2.45, 2.75) is 69.4 Å². The second-order valence-corrected chi connectivity index (χ2v) is 10.4. The summed E-state index contributed by atoms with van der Waals surface area (Å²) in [7, 11) is 0. The van der Waals surface area contributed by atoms with E-state index in [2.05, 4.69) is 44.8 Å². The van der Waals surface area contributed by atoms with Gasteiger partial charge in [-0.2, -0.15) is 0 Å². The summed E-state index contributed by atoms with van der Waals surface area (Å²) < 4.78 is 1.52. The van der Waals surface area contributed by atoms with Crippen LogP contribution in [-0.4, -0.2) is 77.2 Å². The Morgan fingerprint density at radius 1 is 1.11 bits per heavy atom. The molecule has 0 saturated heterocycles. The van der Waals surface area contributed by atoms with Gasteiger partial charge in [-0.1, -0.05) is 49.4 Å². The summed E-state index contributed by atoms with van der Waals surface area (Å²) in [5, 5.41) is 46.4. The van der Waals surface area contributed by atoms with Crippen molar-refractivity contribution in [3.05, 3.63) is 29.8 Å². The third kappa shape index (κ3) is 6.31. The molecule has 0 bridgehead atoms. The molecule has 1 aliphatic carbocycles. The van der Waals surface area contributed by atoms with E-state index in [1.54, 1.807) is 24.3 Å². The molecule has 1 aliphatic rings. The number of rotatable bonds is 12. The fraction of sp³-hybridized carbons (Fsp3) is 0.560. The van der Waals surface area contributed by atoms with Gasteiger partial charge >= 0.3 is 0 Å². The van der Waals surface area contributed by atoms with E-state index in [1.165, 1.54) is 16.4 Å².